The van der Waals surface area contributed by atoms with Gasteiger partial charge in [-0.15, -0.1) is 0 Å². The molecule has 1 radical (unpaired) electrons. The van der Waals surface area contributed by atoms with E-state index in [1.165, 1.54) is 30.3 Å². The molecule has 1 saturated heterocycles. The van der Waals surface area contributed by atoms with Gasteiger partial charge in [0.2, 0.25) is 0 Å². The van der Waals surface area contributed by atoms with Crippen molar-refractivity contribution < 1.29 is 0 Å². The van der Waals surface area contributed by atoms with Crippen molar-refractivity contribution in [1.29, 1.82) is 0 Å². The number of rotatable bonds is 3. The largest absolute Gasteiger partial charge is 0.369 e. The summed E-state index contributed by atoms with van der Waals surface area (Å²) < 4.78 is 0. The van der Waals surface area contributed by atoms with E-state index in [1.54, 1.807) is 0 Å². The van der Waals surface area contributed by atoms with Crippen molar-refractivity contribution in [3.8, 4) is 0 Å². The Kier molecular flexibility index (Phi) is 4.06. The normalized spacial score (nSPS) is 17.8. The molecule has 93 valence electrons. The number of piperazine rings is 1. The average Bonchev–Trinajstić information content (AvgIpc) is 2.30. The lowest BCUT2D eigenvalue weighted by molar-refractivity contribution is 0.313. The summed E-state index contributed by atoms with van der Waals surface area (Å²) in [5.41, 5.74) is 2.79. The lowest BCUT2D eigenvalue weighted by atomic mass is 10.0. The Bertz CT molecular complexity index is 334. The first-order chi connectivity index (χ1) is 8.15. The monoisotopic (exact) mass is 231 g/mol. The van der Waals surface area contributed by atoms with Crippen molar-refractivity contribution in [2.45, 2.75) is 20.3 Å². The number of anilines is 1. The molecule has 2 rings (SSSR count). The van der Waals surface area contributed by atoms with E-state index in [0.717, 1.165) is 19.5 Å². The molecule has 0 atom stereocenters. The molecule has 0 unspecified atom stereocenters. The van der Waals surface area contributed by atoms with E-state index in [0.29, 0.717) is 0 Å². The summed E-state index contributed by atoms with van der Waals surface area (Å²) in [5.74, 6) is 1.47. The zero-order chi connectivity index (χ0) is 12.3. The summed E-state index contributed by atoms with van der Waals surface area (Å²) in [7, 11) is 2.19. The van der Waals surface area contributed by atoms with Gasteiger partial charge in [0.25, 0.3) is 0 Å². The highest BCUT2D eigenvalue weighted by atomic mass is 15.2. The van der Waals surface area contributed by atoms with Crippen LogP contribution in [0.1, 0.15) is 19.4 Å². The zero-order valence-electron chi connectivity index (χ0n) is 11.2. The molecule has 1 aliphatic rings. The lowest BCUT2D eigenvalue weighted by Crippen LogP contribution is -2.44. The molecular formula is C15H23N2. The number of likely N-dealkylation sites (N-methyl/N-ethyl adjacent to an activating group) is 1. The average molecular weight is 231 g/mol. The van der Waals surface area contributed by atoms with Gasteiger partial charge in [-0.05, 0) is 37.1 Å². The molecule has 0 saturated carbocycles. The fourth-order valence-corrected chi connectivity index (χ4v) is 2.30. The second kappa shape index (κ2) is 5.54. The van der Waals surface area contributed by atoms with Crippen LogP contribution in [0.2, 0.25) is 0 Å². The van der Waals surface area contributed by atoms with Gasteiger partial charge in [0, 0.05) is 31.9 Å². The van der Waals surface area contributed by atoms with Crippen molar-refractivity contribution in [3.63, 3.8) is 0 Å². The minimum Gasteiger partial charge on any atom is -0.369 e. The van der Waals surface area contributed by atoms with Gasteiger partial charge in [0.1, 0.15) is 0 Å². The van der Waals surface area contributed by atoms with E-state index in [2.05, 4.69) is 55.0 Å². The molecule has 2 nitrogen and oxygen atoms in total. The van der Waals surface area contributed by atoms with Gasteiger partial charge in [-0.3, -0.25) is 0 Å². The molecule has 0 bridgehead atoms. The Morgan fingerprint density at radius 2 is 1.59 bits per heavy atom. The van der Waals surface area contributed by atoms with Gasteiger partial charge in [-0.25, -0.2) is 0 Å². The summed E-state index contributed by atoms with van der Waals surface area (Å²) in [6.07, 6.45) is 1.10. The Morgan fingerprint density at radius 1 is 1.00 bits per heavy atom. The topological polar surface area (TPSA) is 6.48 Å². The molecule has 0 spiro atoms. The van der Waals surface area contributed by atoms with E-state index >= 15 is 0 Å². The number of hydrogen-bond donors (Lipinski definition) is 0. The van der Waals surface area contributed by atoms with Gasteiger partial charge >= 0.3 is 0 Å². The molecule has 1 heterocycles. The van der Waals surface area contributed by atoms with E-state index in [-0.39, 0.29) is 0 Å². The fourth-order valence-electron chi connectivity index (χ4n) is 2.30. The first-order valence-electron chi connectivity index (χ1n) is 6.46. The maximum Gasteiger partial charge on any atom is 0.0367 e. The smallest absolute Gasteiger partial charge is 0.0367 e. The maximum atomic E-state index is 2.48. The van der Waals surface area contributed by atoms with Gasteiger partial charge < -0.3 is 9.80 Å². The maximum absolute atomic E-state index is 2.48. The standard InChI is InChI=1S/C15H23N2/c1-13(2)12-14-4-6-15(7-5-14)17-10-8-16(3)9-11-17/h4-7H,8-12H2,1-3H3. The third-order valence-corrected chi connectivity index (χ3v) is 3.36. The van der Waals surface area contributed by atoms with Crippen LogP contribution in [0.5, 0.6) is 0 Å². The quantitative estimate of drug-likeness (QED) is 0.789. The van der Waals surface area contributed by atoms with Gasteiger partial charge in [0.15, 0.2) is 0 Å². The first-order valence-corrected chi connectivity index (χ1v) is 6.46. The van der Waals surface area contributed by atoms with Gasteiger partial charge in [-0.1, -0.05) is 26.0 Å². The lowest BCUT2D eigenvalue weighted by Gasteiger charge is -2.34. The fraction of sp³-hybridized carbons (Fsp3) is 0.533. The highest BCUT2D eigenvalue weighted by molar-refractivity contribution is 5.48. The predicted molar refractivity (Wildman–Crippen MR) is 74.4 cm³/mol. The molecule has 1 aromatic rings. The van der Waals surface area contributed by atoms with Crippen molar-refractivity contribution in [1.82, 2.24) is 4.90 Å². The molecular weight excluding hydrogens is 208 g/mol. The highest BCUT2D eigenvalue weighted by Gasteiger charge is 2.13. The van der Waals surface area contributed by atoms with Crippen LogP contribution in [-0.2, 0) is 6.42 Å². The Labute approximate surface area is 105 Å². The Morgan fingerprint density at radius 3 is 2.12 bits per heavy atom. The van der Waals surface area contributed by atoms with Gasteiger partial charge in [-0.2, -0.15) is 0 Å². The molecule has 1 aliphatic heterocycles. The third kappa shape index (κ3) is 3.47. The van der Waals surface area contributed by atoms with Crippen LogP contribution in [0.25, 0.3) is 0 Å². The summed E-state index contributed by atoms with van der Waals surface area (Å²) in [5, 5.41) is 0. The van der Waals surface area contributed by atoms with Crippen LogP contribution in [-0.4, -0.2) is 38.1 Å². The highest BCUT2D eigenvalue weighted by Crippen LogP contribution is 2.18. The first kappa shape index (κ1) is 12.4. The van der Waals surface area contributed by atoms with Gasteiger partial charge in [0.05, 0.1) is 0 Å². The third-order valence-electron chi connectivity index (χ3n) is 3.36. The van der Waals surface area contributed by atoms with Crippen LogP contribution in [0.15, 0.2) is 24.3 Å². The van der Waals surface area contributed by atoms with Crippen LogP contribution >= 0.6 is 0 Å². The molecule has 1 aromatic carbocycles. The van der Waals surface area contributed by atoms with Crippen molar-refractivity contribution in [3.05, 3.63) is 35.7 Å². The second-order valence-corrected chi connectivity index (χ2v) is 5.34. The SMILES string of the molecule is C[C](C)Cc1ccc(N2CCN(C)CC2)cc1. The van der Waals surface area contributed by atoms with Crippen LogP contribution in [0.3, 0.4) is 0 Å². The minimum atomic E-state index is 1.10. The summed E-state index contributed by atoms with van der Waals surface area (Å²) >= 11 is 0. The minimum absolute atomic E-state index is 1.10. The Balaban J connectivity index is 1.97. The molecule has 0 amide bonds. The van der Waals surface area contributed by atoms with Crippen molar-refractivity contribution in [2.24, 2.45) is 0 Å². The molecule has 2 heteroatoms. The van der Waals surface area contributed by atoms with Crippen LogP contribution in [0, 0.1) is 5.92 Å². The van der Waals surface area contributed by atoms with Crippen molar-refractivity contribution in [2.75, 3.05) is 38.1 Å². The van der Waals surface area contributed by atoms with Crippen molar-refractivity contribution >= 4 is 5.69 Å². The second-order valence-electron chi connectivity index (χ2n) is 5.34. The summed E-state index contributed by atoms with van der Waals surface area (Å²) in [4.78, 5) is 4.87. The molecule has 0 aromatic heterocycles. The van der Waals surface area contributed by atoms with Crippen LogP contribution < -0.4 is 4.90 Å². The van der Waals surface area contributed by atoms with E-state index in [9.17, 15) is 0 Å². The number of hydrogen-bond acceptors (Lipinski definition) is 2. The van der Waals surface area contributed by atoms with E-state index < -0.39 is 0 Å². The number of benzene rings is 1. The molecule has 0 aliphatic carbocycles. The molecule has 17 heavy (non-hydrogen) atoms. The number of nitrogens with zero attached hydrogens (tertiary/aromatic N) is 2. The molecule has 0 N–H and O–H groups in total. The van der Waals surface area contributed by atoms with Crippen LogP contribution in [0.4, 0.5) is 5.69 Å². The Hall–Kier alpha value is -1.02. The zero-order valence-corrected chi connectivity index (χ0v) is 11.2. The van der Waals surface area contributed by atoms with E-state index in [1.807, 2.05) is 0 Å². The summed E-state index contributed by atoms with van der Waals surface area (Å²) in [6, 6.07) is 9.06. The molecule has 1 fully saturated rings. The predicted octanol–water partition coefficient (Wildman–Crippen LogP) is 2.60. The summed E-state index contributed by atoms with van der Waals surface area (Å²) in [6.45, 7) is 9.01. The van der Waals surface area contributed by atoms with E-state index in [4.69, 9.17) is 0 Å².